The van der Waals surface area contributed by atoms with Crippen molar-refractivity contribution in [2.75, 3.05) is 14.2 Å². The van der Waals surface area contributed by atoms with Gasteiger partial charge in [-0.15, -0.1) is 0 Å². The Morgan fingerprint density at radius 1 is 1.17 bits per heavy atom. The van der Waals surface area contributed by atoms with Crippen LogP contribution in [-0.2, 0) is 11.2 Å². The lowest BCUT2D eigenvalue weighted by Crippen LogP contribution is -2.21. The fourth-order valence-corrected chi connectivity index (χ4v) is 1.95. The van der Waals surface area contributed by atoms with Gasteiger partial charge < -0.3 is 14.6 Å². The first-order valence-electron chi connectivity index (χ1n) is 6.85. The molecule has 1 heterocycles. The highest BCUT2D eigenvalue weighted by Crippen LogP contribution is 2.27. The van der Waals surface area contributed by atoms with Crippen LogP contribution in [0.25, 0.3) is 0 Å². The molecule has 0 aliphatic rings. The Morgan fingerprint density at radius 3 is 2.52 bits per heavy atom. The summed E-state index contributed by atoms with van der Waals surface area (Å²) in [5.74, 6) is 0.861. The average molecular weight is 318 g/mol. The van der Waals surface area contributed by atoms with Crippen molar-refractivity contribution in [3.63, 3.8) is 0 Å². The third-order valence-electron chi connectivity index (χ3n) is 3.15. The Balaban J connectivity index is 2.04. The molecule has 0 saturated heterocycles. The molecule has 0 spiro atoms. The SMILES string of the molecule is COc1ccc(/C(C)=N\NC(=O)Cc2cc(=O)[nH][nH]2)cc1OC. The van der Waals surface area contributed by atoms with Gasteiger partial charge in [0, 0.05) is 17.3 Å². The van der Waals surface area contributed by atoms with E-state index in [4.69, 9.17) is 9.47 Å². The van der Waals surface area contributed by atoms with Gasteiger partial charge >= 0.3 is 0 Å². The molecule has 0 fully saturated rings. The summed E-state index contributed by atoms with van der Waals surface area (Å²) < 4.78 is 10.4. The lowest BCUT2D eigenvalue weighted by molar-refractivity contribution is -0.120. The number of carbonyl (C=O) groups excluding carboxylic acids is 1. The Hall–Kier alpha value is -3.03. The first kappa shape index (κ1) is 16.3. The number of nitrogens with one attached hydrogen (secondary N) is 3. The van der Waals surface area contributed by atoms with Crippen LogP contribution >= 0.6 is 0 Å². The number of methoxy groups -OCH3 is 2. The first-order chi connectivity index (χ1) is 11.0. The van der Waals surface area contributed by atoms with Crippen molar-refractivity contribution in [2.45, 2.75) is 13.3 Å². The number of H-pyrrole nitrogens is 2. The molecular formula is C15H18N4O4. The molecule has 0 aliphatic heterocycles. The summed E-state index contributed by atoms with van der Waals surface area (Å²) in [6.07, 6.45) is 0.0292. The quantitative estimate of drug-likeness (QED) is 0.541. The van der Waals surface area contributed by atoms with Crippen LogP contribution in [0.3, 0.4) is 0 Å². The highest BCUT2D eigenvalue weighted by molar-refractivity contribution is 5.99. The van der Waals surface area contributed by atoms with Gasteiger partial charge in [-0.1, -0.05) is 0 Å². The number of rotatable bonds is 6. The molecule has 0 saturated carbocycles. The third-order valence-corrected chi connectivity index (χ3v) is 3.15. The molecule has 1 aromatic heterocycles. The van der Waals surface area contributed by atoms with E-state index < -0.39 is 0 Å². The van der Waals surface area contributed by atoms with Gasteiger partial charge in [0.25, 0.3) is 5.56 Å². The van der Waals surface area contributed by atoms with E-state index in [1.54, 1.807) is 33.3 Å². The molecule has 23 heavy (non-hydrogen) atoms. The second-order valence-corrected chi connectivity index (χ2v) is 4.76. The van der Waals surface area contributed by atoms with Gasteiger partial charge in [0.15, 0.2) is 11.5 Å². The number of carbonyl (C=O) groups is 1. The Labute approximate surface area is 132 Å². The van der Waals surface area contributed by atoms with Gasteiger partial charge in [-0.25, -0.2) is 5.43 Å². The average Bonchev–Trinajstić information content (AvgIpc) is 2.96. The third kappa shape index (κ3) is 4.22. The molecule has 8 nitrogen and oxygen atoms in total. The monoisotopic (exact) mass is 318 g/mol. The highest BCUT2D eigenvalue weighted by Gasteiger charge is 2.08. The van der Waals surface area contributed by atoms with Crippen LogP contribution in [0.15, 0.2) is 34.2 Å². The molecule has 8 heteroatoms. The van der Waals surface area contributed by atoms with Crippen molar-refractivity contribution >= 4 is 11.6 Å². The maximum absolute atomic E-state index is 11.8. The van der Waals surface area contributed by atoms with Gasteiger partial charge in [-0.2, -0.15) is 5.10 Å². The van der Waals surface area contributed by atoms with E-state index in [2.05, 4.69) is 20.7 Å². The van der Waals surface area contributed by atoms with Gasteiger partial charge in [0.05, 0.1) is 26.4 Å². The maximum atomic E-state index is 11.8. The largest absolute Gasteiger partial charge is 0.493 e. The molecule has 0 radical (unpaired) electrons. The van der Waals surface area contributed by atoms with E-state index in [0.29, 0.717) is 22.9 Å². The first-order valence-corrected chi connectivity index (χ1v) is 6.85. The minimum Gasteiger partial charge on any atom is -0.493 e. The number of hydrazone groups is 1. The van der Waals surface area contributed by atoms with E-state index in [1.807, 2.05) is 6.07 Å². The summed E-state index contributed by atoms with van der Waals surface area (Å²) in [4.78, 5) is 22.7. The molecule has 0 atom stereocenters. The molecule has 2 aromatic rings. The van der Waals surface area contributed by atoms with Gasteiger partial charge in [0.2, 0.25) is 5.91 Å². The summed E-state index contributed by atoms with van der Waals surface area (Å²) in [5.41, 5.74) is 4.06. The Morgan fingerprint density at radius 2 is 1.91 bits per heavy atom. The highest BCUT2D eigenvalue weighted by atomic mass is 16.5. The summed E-state index contributed by atoms with van der Waals surface area (Å²) in [6, 6.07) is 6.67. The van der Waals surface area contributed by atoms with Crippen molar-refractivity contribution < 1.29 is 14.3 Å². The molecule has 122 valence electrons. The molecule has 1 amide bonds. The fraction of sp³-hybridized carbons (Fsp3) is 0.267. The van der Waals surface area contributed by atoms with Crippen LogP contribution in [0.1, 0.15) is 18.2 Å². The van der Waals surface area contributed by atoms with Crippen LogP contribution in [0.5, 0.6) is 11.5 Å². The zero-order valence-electron chi connectivity index (χ0n) is 13.1. The zero-order valence-corrected chi connectivity index (χ0v) is 13.1. The second kappa shape index (κ2) is 7.30. The van der Waals surface area contributed by atoms with E-state index >= 15 is 0 Å². The van der Waals surface area contributed by atoms with E-state index in [0.717, 1.165) is 5.56 Å². The van der Waals surface area contributed by atoms with Crippen molar-refractivity contribution in [1.82, 2.24) is 15.6 Å². The number of aromatic amines is 2. The van der Waals surface area contributed by atoms with Crippen LogP contribution in [0.2, 0.25) is 0 Å². The number of ether oxygens (including phenoxy) is 2. The smallest absolute Gasteiger partial charge is 0.264 e. The minimum absolute atomic E-state index is 0.0292. The van der Waals surface area contributed by atoms with Gasteiger partial charge in [-0.05, 0) is 25.1 Å². The number of hydrogen-bond donors (Lipinski definition) is 3. The van der Waals surface area contributed by atoms with Crippen molar-refractivity contribution in [2.24, 2.45) is 5.10 Å². The number of benzene rings is 1. The van der Waals surface area contributed by atoms with Crippen LogP contribution in [0, 0.1) is 0 Å². The second-order valence-electron chi connectivity index (χ2n) is 4.76. The topological polar surface area (TPSA) is 109 Å². The summed E-state index contributed by atoms with van der Waals surface area (Å²) in [6.45, 7) is 1.76. The minimum atomic E-state index is -0.333. The Bertz CT molecular complexity index is 776. The molecule has 2 rings (SSSR count). The van der Waals surface area contributed by atoms with Crippen molar-refractivity contribution in [3.8, 4) is 11.5 Å². The predicted molar refractivity (Wildman–Crippen MR) is 85.0 cm³/mol. The molecule has 3 N–H and O–H groups in total. The number of nitrogens with zero attached hydrogens (tertiary/aromatic N) is 1. The van der Waals surface area contributed by atoms with E-state index in [-0.39, 0.29) is 17.9 Å². The fourth-order valence-electron chi connectivity index (χ4n) is 1.95. The summed E-state index contributed by atoms with van der Waals surface area (Å²) in [7, 11) is 3.11. The number of hydrogen-bond acceptors (Lipinski definition) is 5. The lowest BCUT2D eigenvalue weighted by atomic mass is 10.1. The zero-order chi connectivity index (χ0) is 16.8. The standard InChI is InChI=1S/C15H18N4O4/c1-9(10-4-5-12(22-2)13(6-10)23-3)16-18-14(20)7-11-8-15(21)19-17-11/h4-6,8H,7H2,1-3H3,(H,18,20)(H2,17,19,21)/b16-9-. The van der Waals surface area contributed by atoms with E-state index in [9.17, 15) is 9.59 Å². The van der Waals surface area contributed by atoms with Crippen molar-refractivity contribution in [3.05, 3.63) is 45.9 Å². The van der Waals surface area contributed by atoms with Crippen LogP contribution in [-0.4, -0.2) is 36.0 Å². The van der Waals surface area contributed by atoms with Gasteiger partial charge in [0.1, 0.15) is 0 Å². The van der Waals surface area contributed by atoms with E-state index in [1.165, 1.54) is 6.07 Å². The van der Waals surface area contributed by atoms with Gasteiger partial charge in [-0.3, -0.25) is 14.7 Å². The molecule has 0 unspecified atom stereocenters. The van der Waals surface area contributed by atoms with Crippen LogP contribution in [0.4, 0.5) is 0 Å². The summed E-state index contributed by atoms with van der Waals surface area (Å²) >= 11 is 0. The number of aromatic nitrogens is 2. The predicted octanol–water partition coefficient (Wildman–Crippen LogP) is 0.803. The van der Waals surface area contributed by atoms with Crippen LogP contribution < -0.4 is 20.5 Å². The summed E-state index contributed by atoms with van der Waals surface area (Å²) in [5, 5.41) is 9.02. The molecular weight excluding hydrogens is 300 g/mol. The Kier molecular flexibility index (Phi) is 5.19. The molecule has 1 aromatic carbocycles. The number of amides is 1. The van der Waals surface area contributed by atoms with Crippen molar-refractivity contribution in [1.29, 1.82) is 0 Å². The normalized spacial score (nSPS) is 11.2. The molecule has 0 bridgehead atoms. The molecule has 0 aliphatic carbocycles. The lowest BCUT2D eigenvalue weighted by Gasteiger charge is -2.09. The maximum Gasteiger partial charge on any atom is 0.264 e.